The van der Waals surface area contributed by atoms with Gasteiger partial charge in [-0.25, -0.2) is 0 Å². The van der Waals surface area contributed by atoms with E-state index >= 15 is 0 Å². The molecule has 2 heteroatoms. The van der Waals surface area contributed by atoms with Gasteiger partial charge in [0.25, 0.3) is 0 Å². The summed E-state index contributed by atoms with van der Waals surface area (Å²) in [6.07, 6.45) is 4.25. The van der Waals surface area contributed by atoms with Gasteiger partial charge in [0, 0.05) is 5.02 Å². The second-order valence-corrected chi connectivity index (χ2v) is 6.39. The number of benzene rings is 1. The molecule has 17 heavy (non-hydrogen) atoms. The van der Waals surface area contributed by atoms with Gasteiger partial charge in [-0.05, 0) is 42.2 Å². The molecular formula is C15H21ClO. The Balaban J connectivity index is 2.15. The number of aliphatic hydroxyl groups is 1. The fraction of sp³-hybridized carbons (Fsp3) is 0.600. The molecule has 0 aliphatic heterocycles. The van der Waals surface area contributed by atoms with Crippen molar-refractivity contribution >= 4 is 11.6 Å². The van der Waals surface area contributed by atoms with E-state index in [0.717, 1.165) is 18.4 Å². The van der Waals surface area contributed by atoms with E-state index in [4.69, 9.17) is 11.6 Å². The van der Waals surface area contributed by atoms with Crippen molar-refractivity contribution < 1.29 is 5.11 Å². The molecule has 1 fully saturated rings. The summed E-state index contributed by atoms with van der Waals surface area (Å²) in [5.74, 6) is 0.346. The predicted molar refractivity (Wildman–Crippen MR) is 72.2 cm³/mol. The summed E-state index contributed by atoms with van der Waals surface area (Å²) in [7, 11) is 0. The van der Waals surface area contributed by atoms with Crippen molar-refractivity contribution in [1.82, 2.24) is 0 Å². The van der Waals surface area contributed by atoms with Crippen LogP contribution < -0.4 is 0 Å². The Morgan fingerprint density at radius 2 is 2.06 bits per heavy atom. The molecule has 1 N–H and O–H groups in total. The van der Waals surface area contributed by atoms with Gasteiger partial charge >= 0.3 is 0 Å². The van der Waals surface area contributed by atoms with Crippen LogP contribution in [0.4, 0.5) is 0 Å². The monoisotopic (exact) mass is 252 g/mol. The van der Waals surface area contributed by atoms with E-state index in [1.54, 1.807) is 0 Å². The molecular weight excluding hydrogens is 232 g/mol. The minimum absolute atomic E-state index is 0.346. The highest BCUT2D eigenvalue weighted by Gasteiger charge is 2.33. The molecule has 1 aromatic carbocycles. The van der Waals surface area contributed by atoms with Crippen molar-refractivity contribution in [1.29, 1.82) is 0 Å². The van der Waals surface area contributed by atoms with E-state index in [1.807, 2.05) is 24.3 Å². The fourth-order valence-electron chi connectivity index (χ4n) is 3.00. The summed E-state index contributed by atoms with van der Waals surface area (Å²) in [6, 6.07) is 7.64. The molecule has 94 valence electrons. The second-order valence-electron chi connectivity index (χ2n) is 5.99. The lowest BCUT2D eigenvalue weighted by Crippen LogP contribution is -2.26. The van der Waals surface area contributed by atoms with E-state index in [1.165, 1.54) is 12.8 Å². The van der Waals surface area contributed by atoms with E-state index in [9.17, 15) is 5.11 Å². The molecule has 0 heterocycles. The Hall–Kier alpha value is -0.530. The summed E-state index contributed by atoms with van der Waals surface area (Å²) in [5, 5.41) is 11.2. The van der Waals surface area contributed by atoms with Crippen LogP contribution >= 0.6 is 11.6 Å². The SMILES string of the molecule is CC1(C)CCC[C@H]([C@H](O)c2ccccc2Cl)C1. The average molecular weight is 253 g/mol. The molecule has 1 aromatic rings. The highest BCUT2D eigenvalue weighted by Crippen LogP contribution is 2.44. The quantitative estimate of drug-likeness (QED) is 0.816. The van der Waals surface area contributed by atoms with Gasteiger partial charge < -0.3 is 5.11 Å². The van der Waals surface area contributed by atoms with E-state index < -0.39 is 6.10 Å². The third kappa shape index (κ3) is 3.02. The Morgan fingerprint density at radius 1 is 1.35 bits per heavy atom. The van der Waals surface area contributed by atoms with Crippen molar-refractivity contribution in [3.8, 4) is 0 Å². The first-order valence-corrected chi connectivity index (χ1v) is 6.80. The second kappa shape index (κ2) is 4.99. The standard InChI is InChI=1S/C15H21ClO/c1-15(2)9-5-6-11(10-15)14(17)12-7-3-4-8-13(12)16/h3-4,7-8,11,14,17H,5-6,9-10H2,1-2H3/t11-,14-/m0/s1. The van der Waals surface area contributed by atoms with Gasteiger partial charge in [-0.1, -0.05) is 50.1 Å². The minimum atomic E-state index is -0.414. The number of halogens is 1. The zero-order valence-corrected chi connectivity index (χ0v) is 11.4. The smallest absolute Gasteiger partial charge is 0.0832 e. The number of hydrogen-bond donors (Lipinski definition) is 1. The molecule has 2 rings (SSSR count). The topological polar surface area (TPSA) is 20.2 Å². The van der Waals surface area contributed by atoms with Crippen LogP contribution in [0.3, 0.4) is 0 Å². The Kier molecular flexibility index (Phi) is 3.79. The normalized spacial score (nSPS) is 25.5. The maximum Gasteiger partial charge on any atom is 0.0832 e. The molecule has 0 radical (unpaired) electrons. The van der Waals surface area contributed by atoms with E-state index in [-0.39, 0.29) is 0 Å². The van der Waals surface area contributed by atoms with Crippen molar-refractivity contribution in [2.24, 2.45) is 11.3 Å². The van der Waals surface area contributed by atoms with Gasteiger partial charge in [-0.15, -0.1) is 0 Å². The van der Waals surface area contributed by atoms with Crippen molar-refractivity contribution in [2.45, 2.75) is 45.6 Å². The van der Waals surface area contributed by atoms with Crippen LogP contribution in [0.15, 0.2) is 24.3 Å². The maximum absolute atomic E-state index is 10.5. The zero-order chi connectivity index (χ0) is 12.5. The minimum Gasteiger partial charge on any atom is -0.388 e. The molecule has 0 aromatic heterocycles. The summed E-state index contributed by atoms with van der Waals surface area (Å²) >= 11 is 6.15. The number of hydrogen-bond acceptors (Lipinski definition) is 1. The van der Waals surface area contributed by atoms with E-state index in [2.05, 4.69) is 13.8 Å². The highest BCUT2D eigenvalue weighted by atomic mass is 35.5. The van der Waals surface area contributed by atoms with Gasteiger partial charge in [0.05, 0.1) is 6.10 Å². The van der Waals surface area contributed by atoms with Crippen LogP contribution in [-0.2, 0) is 0 Å². The lowest BCUT2D eigenvalue weighted by Gasteiger charge is -2.37. The van der Waals surface area contributed by atoms with Crippen LogP contribution in [0, 0.1) is 11.3 Å². The third-order valence-electron chi connectivity index (χ3n) is 3.91. The molecule has 0 spiro atoms. The Bertz CT molecular complexity index is 386. The lowest BCUT2D eigenvalue weighted by atomic mass is 9.70. The third-order valence-corrected chi connectivity index (χ3v) is 4.26. The van der Waals surface area contributed by atoms with Gasteiger partial charge in [-0.3, -0.25) is 0 Å². The molecule has 1 nitrogen and oxygen atoms in total. The zero-order valence-electron chi connectivity index (χ0n) is 10.6. The van der Waals surface area contributed by atoms with Gasteiger partial charge in [-0.2, -0.15) is 0 Å². The largest absolute Gasteiger partial charge is 0.388 e. The lowest BCUT2D eigenvalue weighted by molar-refractivity contribution is 0.0460. The Labute approximate surface area is 109 Å². The van der Waals surface area contributed by atoms with Crippen LogP contribution in [-0.4, -0.2) is 5.11 Å². The Morgan fingerprint density at radius 3 is 2.71 bits per heavy atom. The molecule has 1 aliphatic carbocycles. The van der Waals surface area contributed by atoms with Crippen molar-refractivity contribution in [2.75, 3.05) is 0 Å². The molecule has 0 amide bonds. The fourth-order valence-corrected chi connectivity index (χ4v) is 3.24. The van der Waals surface area contributed by atoms with Gasteiger partial charge in [0.1, 0.15) is 0 Å². The predicted octanol–water partition coefficient (Wildman–Crippen LogP) is 4.59. The summed E-state index contributed by atoms with van der Waals surface area (Å²) < 4.78 is 0. The molecule has 1 aliphatic rings. The molecule has 0 bridgehead atoms. The van der Waals surface area contributed by atoms with E-state index in [0.29, 0.717) is 16.4 Å². The summed E-state index contributed by atoms with van der Waals surface area (Å²) in [6.45, 7) is 4.58. The van der Waals surface area contributed by atoms with Crippen molar-refractivity contribution in [3.63, 3.8) is 0 Å². The first-order valence-electron chi connectivity index (χ1n) is 6.42. The van der Waals surface area contributed by atoms with Gasteiger partial charge in [0.2, 0.25) is 0 Å². The van der Waals surface area contributed by atoms with Crippen LogP contribution in [0.25, 0.3) is 0 Å². The molecule has 2 atom stereocenters. The van der Waals surface area contributed by atoms with Crippen LogP contribution in [0.2, 0.25) is 5.02 Å². The van der Waals surface area contributed by atoms with Gasteiger partial charge in [0.15, 0.2) is 0 Å². The first kappa shape index (κ1) is 12.9. The van der Waals surface area contributed by atoms with Crippen LogP contribution in [0.1, 0.15) is 51.2 Å². The van der Waals surface area contributed by atoms with Crippen molar-refractivity contribution in [3.05, 3.63) is 34.9 Å². The highest BCUT2D eigenvalue weighted by molar-refractivity contribution is 6.31. The summed E-state index contributed by atoms with van der Waals surface area (Å²) in [5.41, 5.74) is 1.24. The number of aliphatic hydroxyl groups excluding tert-OH is 1. The average Bonchev–Trinajstić information content (AvgIpc) is 2.27. The molecule has 0 unspecified atom stereocenters. The molecule has 0 saturated heterocycles. The maximum atomic E-state index is 10.5. The first-order chi connectivity index (χ1) is 7.99. The molecule has 1 saturated carbocycles. The number of rotatable bonds is 2. The van der Waals surface area contributed by atoms with Crippen LogP contribution in [0.5, 0.6) is 0 Å². The summed E-state index contributed by atoms with van der Waals surface area (Å²) in [4.78, 5) is 0.